The maximum atomic E-state index is 13.2. The van der Waals surface area contributed by atoms with Crippen LogP contribution >= 0.6 is 0 Å². The van der Waals surface area contributed by atoms with E-state index >= 15 is 0 Å². The van der Waals surface area contributed by atoms with E-state index in [1.54, 1.807) is 17.4 Å². The Kier molecular flexibility index (Phi) is 6.09. The van der Waals surface area contributed by atoms with Crippen LogP contribution in [0.4, 0.5) is 4.79 Å². The van der Waals surface area contributed by atoms with Crippen LogP contribution in [-0.4, -0.2) is 56.6 Å². The van der Waals surface area contributed by atoms with Crippen molar-refractivity contribution in [1.82, 2.24) is 19.4 Å². The van der Waals surface area contributed by atoms with Crippen LogP contribution in [0.2, 0.25) is 0 Å². The highest BCUT2D eigenvalue weighted by Gasteiger charge is 2.47. The normalized spacial score (nSPS) is 21.0. The van der Waals surface area contributed by atoms with E-state index in [9.17, 15) is 9.59 Å². The molecule has 0 N–H and O–H groups in total. The first-order chi connectivity index (χ1) is 16.5. The topological polar surface area (TPSA) is 67.7 Å². The minimum Gasteiger partial charge on any atom is -0.441 e. The summed E-state index contributed by atoms with van der Waals surface area (Å²) in [6.07, 6.45) is 6.84. The quantitative estimate of drug-likeness (QED) is 0.555. The molecule has 0 radical (unpaired) electrons. The number of rotatable bonds is 6. The molecule has 0 bridgehead atoms. The number of likely N-dealkylation sites (tertiary alicyclic amines) is 1. The standard InChI is InChI=1S/C27H30N4O3/c1-27(19-31(26(33)34-27)18-21-6-3-2-4-7-21)24-10-13-30(14-11-24)25(32)23-9-5-8-22(16-23)17-29-15-12-28-20-29/h2-9,12,15-16,20,24H,10-11,13-14,17-19H2,1H3/t27-/m1/s1. The lowest BCUT2D eigenvalue weighted by molar-refractivity contribution is -0.00480. The zero-order chi connectivity index (χ0) is 23.5. The lowest BCUT2D eigenvalue weighted by Gasteiger charge is -2.39. The van der Waals surface area contributed by atoms with Gasteiger partial charge in [-0.15, -0.1) is 0 Å². The number of imidazole rings is 1. The Hall–Kier alpha value is -3.61. The number of amides is 2. The number of hydrogen-bond donors (Lipinski definition) is 0. The van der Waals surface area contributed by atoms with Crippen LogP contribution in [0.5, 0.6) is 0 Å². The number of piperidine rings is 1. The molecule has 2 aromatic carbocycles. The van der Waals surface area contributed by atoms with Crippen LogP contribution < -0.4 is 0 Å². The Morgan fingerprint density at radius 2 is 1.82 bits per heavy atom. The van der Waals surface area contributed by atoms with Crippen LogP contribution in [0.3, 0.4) is 0 Å². The summed E-state index contributed by atoms with van der Waals surface area (Å²) in [5.74, 6) is 0.291. The monoisotopic (exact) mass is 458 g/mol. The van der Waals surface area contributed by atoms with E-state index in [-0.39, 0.29) is 17.9 Å². The molecule has 1 atom stereocenters. The van der Waals surface area contributed by atoms with Crippen LogP contribution in [0.15, 0.2) is 73.3 Å². The molecular weight excluding hydrogens is 428 g/mol. The van der Waals surface area contributed by atoms with Gasteiger partial charge in [-0.1, -0.05) is 42.5 Å². The summed E-state index contributed by atoms with van der Waals surface area (Å²) < 4.78 is 7.88. The highest BCUT2D eigenvalue weighted by molar-refractivity contribution is 5.94. The largest absolute Gasteiger partial charge is 0.441 e. The lowest BCUT2D eigenvalue weighted by atomic mass is 9.81. The SMILES string of the molecule is C[C@]1(C2CCN(C(=O)c3cccc(Cn4ccnc4)c3)CC2)CN(Cc2ccccc2)C(=O)O1. The van der Waals surface area contributed by atoms with Gasteiger partial charge >= 0.3 is 6.09 Å². The van der Waals surface area contributed by atoms with Crippen LogP contribution in [0.25, 0.3) is 0 Å². The van der Waals surface area contributed by atoms with Gasteiger partial charge in [0.1, 0.15) is 5.60 Å². The van der Waals surface area contributed by atoms with Crippen molar-refractivity contribution < 1.29 is 14.3 Å². The maximum Gasteiger partial charge on any atom is 0.410 e. The Morgan fingerprint density at radius 1 is 1.06 bits per heavy atom. The number of carbonyl (C=O) groups is 2. The van der Waals surface area contributed by atoms with E-state index in [0.717, 1.165) is 24.0 Å². The molecule has 176 valence electrons. The van der Waals surface area contributed by atoms with Gasteiger partial charge < -0.3 is 14.2 Å². The second kappa shape index (κ2) is 9.33. The van der Waals surface area contributed by atoms with Crippen molar-refractivity contribution in [1.29, 1.82) is 0 Å². The van der Waals surface area contributed by atoms with Gasteiger partial charge in [0.15, 0.2) is 0 Å². The van der Waals surface area contributed by atoms with Crippen molar-refractivity contribution >= 4 is 12.0 Å². The molecule has 7 heteroatoms. The minimum absolute atomic E-state index is 0.0604. The van der Waals surface area contributed by atoms with Gasteiger partial charge in [-0.2, -0.15) is 0 Å². The van der Waals surface area contributed by atoms with Crippen molar-refractivity contribution in [3.8, 4) is 0 Å². The highest BCUT2D eigenvalue weighted by Crippen LogP contribution is 2.37. The van der Waals surface area contributed by atoms with Crippen LogP contribution in [0, 0.1) is 5.92 Å². The van der Waals surface area contributed by atoms with Gasteiger partial charge in [0, 0.05) is 50.1 Å². The maximum absolute atomic E-state index is 13.2. The fourth-order valence-electron chi connectivity index (χ4n) is 5.15. The number of carbonyl (C=O) groups excluding carboxylic acids is 2. The molecule has 2 amide bonds. The fourth-order valence-corrected chi connectivity index (χ4v) is 5.15. The molecule has 3 heterocycles. The number of benzene rings is 2. The van der Waals surface area contributed by atoms with E-state index in [1.165, 1.54) is 0 Å². The number of nitrogens with zero attached hydrogens (tertiary/aromatic N) is 4. The first-order valence-electron chi connectivity index (χ1n) is 11.9. The molecule has 2 aliphatic rings. The molecule has 7 nitrogen and oxygen atoms in total. The van der Waals surface area contributed by atoms with Crippen LogP contribution in [-0.2, 0) is 17.8 Å². The van der Waals surface area contributed by atoms with Crippen LogP contribution in [0.1, 0.15) is 41.3 Å². The second-order valence-electron chi connectivity index (χ2n) is 9.52. The smallest absolute Gasteiger partial charge is 0.410 e. The van der Waals surface area contributed by atoms with Gasteiger partial charge in [0.25, 0.3) is 5.91 Å². The zero-order valence-electron chi connectivity index (χ0n) is 19.5. The van der Waals surface area contributed by atoms with E-state index in [0.29, 0.717) is 38.3 Å². The molecule has 0 unspecified atom stereocenters. The summed E-state index contributed by atoms with van der Waals surface area (Å²) in [6, 6.07) is 17.8. The average molecular weight is 459 g/mol. The number of ether oxygens (including phenoxy) is 1. The van der Waals surface area contributed by atoms with Gasteiger partial charge in [-0.05, 0) is 43.0 Å². The van der Waals surface area contributed by atoms with E-state index in [4.69, 9.17) is 4.74 Å². The van der Waals surface area contributed by atoms with Gasteiger partial charge in [0.05, 0.1) is 12.9 Å². The predicted molar refractivity (Wildman–Crippen MR) is 128 cm³/mol. The summed E-state index contributed by atoms with van der Waals surface area (Å²) in [5.41, 5.74) is 2.36. The lowest BCUT2D eigenvalue weighted by Crippen LogP contribution is -2.47. The van der Waals surface area contributed by atoms with Crippen molar-refractivity contribution in [2.45, 2.75) is 38.5 Å². The Labute approximate surface area is 200 Å². The Balaban J connectivity index is 1.18. The zero-order valence-corrected chi connectivity index (χ0v) is 19.5. The third-order valence-electron chi connectivity index (χ3n) is 7.04. The van der Waals surface area contributed by atoms with Crippen molar-refractivity contribution in [3.63, 3.8) is 0 Å². The molecule has 5 rings (SSSR count). The third kappa shape index (κ3) is 4.69. The Morgan fingerprint density at radius 3 is 2.56 bits per heavy atom. The Bertz CT molecular complexity index is 1140. The first-order valence-corrected chi connectivity index (χ1v) is 11.9. The number of hydrogen-bond acceptors (Lipinski definition) is 4. The molecule has 0 aliphatic carbocycles. The first kappa shape index (κ1) is 22.2. The van der Waals surface area contributed by atoms with Gasteiger partial charge in [-0.25, -0.2) is 9.78 Å². The fraction of sp³-hybridized carbons (Fsp3) is 0.370. The van der Waals surface area contributed by atoms with E-state index in [1.807, 2.05) is 77.2 Å². The number of cyclic esters (lactones) is 1. The molecule has 34 heavy (non-hydrogen) atoms. The summed E-state index contributed by atoms with van der Waals surface area (Å²) in [6.45, 7) is 5.20. The van der Waals surface area contributed by atoms with Crippen molar-refractivity contribution in [3.05, 3.63) is 90.0 Å². The van der Waals surface area contributed by atoms with Gasteiger partial charge in [-0.3, -0.25) is 9.69 Å². The summed E-state index contributed by atoms with van der Waals surface area (Å²) >= 11 is 0. The van der Waals surface area contributed by atoms with Crippen molar-refractivity contribution in [2.24, 2.45) is 5.92 Å². The summed E-state index contributed by atoms with van der Waals surface area (Å²) in [5, 5.41) is 0. The molecule has 2 aliphatic heterocycles. The van der Waals surface area contributed by atoms with E-state index in [2.05, 4.69) is 4.98 Å². The molecule has 3 aromatic rings. The predicted octanol–water partition coefficient (Wildman–Crippen LogP) is 4.19. The minimum atomic E-state index is -0.522. The summed E-state index contributed by atoms with van der Waals surface area (Å²) in [4.78, 5) is 33.6. The van der Waals surface area contributed by atoms with E-state index < -0.39 is 5.60 Å². The van der Waals surface area contributed by atoms with Gasteiger partial charge in [0.2, 0.25) is 0 Å². The third-order valence-corrected chi connectivity index (χ3v) is 7.04. The second-order valence-corrected chi connectivity index (χ2v) is 9.52. The van der Waals surface area contributed by atoms with Crippen molar-refractivity contribution in [2.75, 3.05) is 19.6 Å². The summed E-state index contributed by atoms with van der Waals surface area (Å²) in [7, 11) is 0. The molecule has 0 spiro atoms. The highest BCUT2D eigenvalue weighted by atomic mass is 16.6. The molecule has 0 saturated carbocycles. The number of aromatic nitrogens is 2. The molecular formula is C27H30N4O3. The molecule has 2 saturated heterocycles. The molecule has 1 aromatic heterocycles. The average Bonchev–Trinajstić information content (AvgIpc) is 3.47. The molecule has 2 fully saturated rings.